The second-order valence-electron chi connectivity index (χ2n) is 6.47. The molecule has 0 bridgehead atoms. The summed E-state index contributed by atoms with van der Waals surface area (Å²) in [7, 11) is 3.68. The van der Waals surface area contributed by atoms with Crippen molar-refractivity contribution in [1.29, 1.82) is 0 Å². The Kier molecular flexibility index (Phi) is 5.53. The highest BCUT2D eigenvalue weighted by atomic mass is 35.5. The lowest BCUT2D eigenvalue weighted by atomic mass is 10.2. The number of hydrogen-bond acceptors (Lipinski definition) is 6. The molecular weight excluding hydrogens is 394 g/mol. The average Bonchev–Trinajstić information content (AvgIpc) is 3.37. The second kappa shape index (κ2) is 8.40. The van der Waals surface area contributed by atoms with Crippen LogP contribution in [0.25, 0.3) is 11.4 Å². The van der Waals surface area contributed by atoms with Crippen molar-refractivity contribution in [3.05, 3.63) is 58.9 Å². The second-order valence-corrected chi connectivity index (χ2v) is 6.90. The molecule has 150 valence electrons. The summed E-state index contributed by atoms with van der Waals surface area (Å²) in [5.41, 5.74) is 1.89. The molecule has 0 saturated carbocycles. The van der Waals surface area contributed by atoms with E-state index >= 15 is 0 Å². The van der Waals surface area contributed by atoms with Gasteiger partial charge in [-0.2, -0.15) is 4.98 Å². The quantitative estimate of drug-likeness (QED) is 0.507. The lowest BCUT2D eigenvalue weighted by molar-refractivity contribution is 0.174. The molecule has 29 heavy (non-hydrogen) atoms. The fourth-order valence-corrected chi connectivity index (χ4v) is 3.19. The summed E-state index contributed by atoms with van der Waals surface area (Å²) >= 11 is 6.02. The highest BCUT2D eigenvalue weighted by Gasteiger charge is 2.15. The molecule has 1 aromatic heterocycles. The number of aliphatic imine (C=N–C) groups is 1. The van der Waals surface area contributed by atoms with Crippen LogP contribution in [0.4, 0.5) is 0 Å². The molecule has 0 amide bonds. The third-order valence-electron chi connectivity index (χ3n) is 4.38. The van der Waals surface area contributed by atoms with Crippen molar-refractivity contribution in [3.63, 3.8) is 0 Å². The number of rotatable bonds is 5. The number of ether oxygens (including phenoxy) is 2. The summed E-state index contributed by atoms with van der Waals surface area (Å²) in [6.07, 6.45) is 0. The lowest BCUT2D eigenvalue weighted by Gasteiger charge is -2.21. The van der Waals surface area contributed by atoms with Crippen LogP contribution in [0.15, 0.2) is 52.0 Å². The van der Waals surface area contributed by atoms with Crippen LogP contribution in [0, 0.1) is 0 Å². The zero-order chi connectivity index (χ0) is 20.2. The van der Waals surface area contributed by atoms with Gasteiger partial charge in [-0.15, -0.1) is 0 Å². The summed E-state index contributed by atoms with van der Waals surface area (Å²) in [4.78, 5) is 10.7. The molecule has 2 heterocycles. The van der Waals surface area contributed by atoms with E-state index in [1.807, 2.05) is 42.3 Å². The van der Waals surface area contributed by atoms with Crippen LogP contribution in [0.1, 0.15) is 11.5 Å². The number of halogens is 1. The first-order valence-electron chi connectivity index (χ1n) is 9.01. The van der Waals surface area contributed by atoms with E-state index in [0.29, 0.717) is 35.8 Å². The molecule has 0 radical (unpaired) electrons. The lowest BCUT2D eigenvalue weighted by Crippen LogP contribution is -2.38. The normalized spacial score (nSPS) is 12.9. The van der Waals surface area contributed by atoms with Gasteiger partial charge in [0.15, 0.2) is 17.5 Å². The van der Waals surface area contributed by atoms with Gasteiger partial charge < -0.3 is 24.2 Å². The molecule has 2 aromatic carbocycles. The van der Waals surface area contributed by atoms with Gasteiger partial charge in [-0.3, -0.25) is 4.99 Å². The van der Waals surface area contributed by atoms with Crippen LogP contribution in [0.2, 0.25) is 5.02 Å². The maximum atomic E-state index is 6.02. The molecule has 8 nitrogen and oxygen atoms in total. The first-order valence-corrected chi connectivity index (χ1v) is 9.39. The molecule has 1 aliphatic heterocycles. The van der Waals surface area contributed by atoms with E-state index < -0.39 is 0 Å². The number of nitrogens with zero attached hydrogens (tertiary/aromatic N) is 4. The number of hydrogen-bond donors (Lipinski definition) is 1. The van der Waals surface area contributed by atoms with Gasteiger partial charge in [0.05, 0.1) is 6.54 Å². The number of nitrogens with one attached hydrogen (secondary N) is 1. The predicted octanol–water partition coefficient (Wildman–Crippen LogP) is 3.33. The van der Waals surface area contributed by atoms with E-state index in [1.165, 1.54) is 0 Å². The Balaban J connectivity index is 1.37. The number of benzene rings is 2. The van der Waals surface area contributed by atoms with E-state index in [-0.39, 0.29) is 6.79 Å². The Hall–Kier alpha value is -3.26. The molecule has 4 rings (SSSR count). The van der Waals surface area contributed by atoms with Gasteiger partial charge in [0.2, 0.25) is 18.5 Å². The summed E-state index contributed by atoms with van der Waals surface area (Å²) in [5, 5.41) is 7.87. The van der Waals surface area contributed by atoms with Crippen molar-refractivity contribution >= 4 is 17.6 Å². The smallest absolute Gasteiger partial charge is 0.246 e. The van der Waals surface area contributed by atoms with E-state index in [4.69, 9.17) is 25.6 Å². The zero-order valence-corrected chi connectivity index (χ0v) is 16.8. The summed E-state index contributed by atoms with van der Waals surface area (Å²) in [6.45, 7) is 1.26. The molecule has 0 aliphatic carbocycles. The maximum Gasteiger partial charge on any atom is 0.246 e. The molecule has 0 spiro atoms. The third kappa shape index (κ3) is 4.43. The van der Waals surface area contributed by atoms with Crippen molar-refractivity contribution in [3.8, 4) is 22.9 Å². The van der Waals surface area contributed by atoms with Crippen molar-refractivity contribution in [2.75, 3.05) is 20.9 Å². The Morgan fingerprint density at radius 2 is 2.07 bits per heavy atom. The molecule has 1 N–H and O–H groups in total. The minimum Gasteiger partial charge on any atom is -0.454 e. The van der Waals surface area contributed by atoms with Gasteiger partial charge in [0.1, 0.15) is 0 Å². The summed E-state index contributed by atoms with van der Waals surface area (Å²) < 4.78 is 16.1. The monoisotopic (exact) mass is 413 g/mol. The van der Waals surface area contributed by atoms with Crippen molar-refractivity contribution in [1.82, 2.24) is 20.4 Å². The minimum atomic E-state index is 0.263. The van der Waals surface area contributed by atoms with E-state index in [0.717, 1.165) is 22.6 Å². The van der Waals surface area contributed by atoms with Crippen LogP contribution in [0.3, 0.4) is 0 Å². The molecule has 3 aromatic rings. The van der Waals surface area contributed by atoms with Crippen LogP contribution in [-0.4, -0.2) is 41.9 Å². The van der Waals surface area contributed by atoms with Crippen molar-refractivity contribution in [2.24, 2.45) is 4.99 Å². The summed E-state index contributed by atoms with van der Waals surface area (Å²) in [5.74, 6) is 3.18. The highest BCUT2D eigenvalue weighted by molar-refractivity contribution is 6.30. The fourth-order valence-electron chi connectivity index (χ4n) is 3.00. The zero-order valence-electron chi connectivity index (χ0n) is 16.1. The fraction of sp³-hybridized carbons (Fsp3) is 0.250. The average molecular weight is 414 g/mol. The number of aromatic nitrogens is 2. The Morgan fingerprint density at radius 3 is 2.90 bits per heavy atom. The van der Waals surface area contributed by atoms with Crippen LogP contribution < -0.4 is 14.8 Å². The number of fused-ring (bicyclic) bond motifs is 1. The maximum absolute atomic E-state index is 6.02. The van der Waals surface area contributed by atoms with Crippen LogP contribution in [0.5, 0.6) is 11.5 Å². The van der Waals surface area contributed by atoms with E-state index in [2.05, 4.69) is 20.4 Å². The molecular formula is C20H20ClN5O3. The van der Waals surface area contributed by atoms with Gasteiger partial charge >= 0.3 is 0 Å². The Morgan fingerprint density at radius 1 is 1.21 bits per heavy atom. The van der Waals surface area contributed by atoms with Gasteiger partial charge in [-0.05, 0) is 29.8 Å². The number of guanidine groups is 1. The molecule has 0 saturated heterocycles. The minimum absolute atomic E-state index is 0.263. The largest absolute Gasteiger partial charge is 0.454 e. The molecule has 9 heteroatoms. The van der Waals surface area contributed by atoms with Gasteiger partial charge in [0.25, 0.3) is 0 Å². The van der Waals surface area contributed by atoms with Crippen LogP contribution >= 0.6 is 11.6 Å². The molecule has 1 aliphatic rings. The third-order valence-corrected chi connectivity index (χ3v) is 4.61. The van der Waals surface area contributed by atoms with Gasteiger partial charge in [-0.25, -0.2) is 0 Å². The highest BCUT2D eigenvalue weighted by Crippen LogP contribution is 2.32. The van der Waals surface area contributed by atoms with Crippen LogP contribution in [-0.2, 0) is 13.1 Å². The molecule has 0 unspecified atom stereocenters. The Labute approximate surface area is 173 Å². The Bertz CT molecular complexity index is 1040. The SMILES string of the molecule is CN=C(NCc1nc(-c2cccc(Cl)c2)no1)N(C)Cc1ccc2c(c1)OCO2. The van der Waals surface area contributed by atoms with Crippen molar-refractivity contribution in [2.45, 2.75) is 13.1 Å². The standard InChI is InChI=1S/C20H20ClN5O3/c1-22-20(26(2)11-13-6-7-16-17(8-13)28-12-27-16)23-10-18-24-19(25-29-18)14-4-3-5-15(21)9-14/h3-9H,10-12H2,1-2H3,(H,22,23). The topological polar surface area (TPSA) is 85.0 Å². The van der Waals surface area contributed by atoms with E-state index in [1.54, 1.807) is 19.2 Å². The molecule has 0 fully saturated rings. The van der Waals surface area contributed by atoms with Gasteiger partial charge in [0, 0.05) is 31.2 Å². The van der Waals surface area contributed by atoms with Crippen molar-refractivity contribution < 1.29 is 14.0 Å². The van der Waals surface area contributed by atoms with Gasteiger partial charge in [-0.1, -0.05) is 35.0 Å². The van der Waals surface area contributed by atoms with E-state index in [9.17, 15) is 0 Å². The molecule has 0 atom stereocenters. The first-order chi connectivity index (χ1) is 14.1. The first kappa shape index (κ1) is 19.1. The predicted molar refractivity (Wildman–Crippen MR) is 109 cm³/mol. The summed E-state index contributed by atoms with van der Waals surface area (Å²) in [6, 6.07) is 13.2.